The molecule has 0 atom stereocenters. The maximum Gasteiger partial charge on any atom is -1.00 e. The molecule has 260 valence electrons. The maximum atomic E-state index is 2.77. The molecule has 0 aliphatic heterocycles. The molecule has 3 heteroatoms. The van der Waals surface area contributed by atoms with Gasteiger partial charge < -0.3 is 24.8 Å². The van der Waals surface area contributed by atoms with Crippen LogP contribution < -0.4 is 28.1 Å². The molecular weight excluding hydrogens is 751 g/mol. The molecule has 0 amide bonds. The van der Waals surface area contributed by atoms with Crippen molar-refractivity contribution >= 4 is 17.8 Å². The summed E-state index contributed by atoms with van der Waals surface area (Å²) in [7, 11) is 0. The van der Waals surface area contributed by atoms with Crippen LogP contribution in [0.4, 0.5) is 0 Å². The van der Waals surface area contributed by atoms with E-state index in [9.17, 15) is 0 Å². The van der Waals surface area contributed by atoms with Crippen LogP contribution in [-0.4, -0.2) is 3.71 Å². The van der Waals surface area contributed by atoms with Gasteiger partial charge in [0.15, 0.2) is 0 Å². The summed E-state index contributed by atoms with van der Waals surface area (Å²) in [6.45, 7) is 14.3. The second-order valence-corrected chi connectivity index (χ2v) is 21.7. The summed E-state index contributed by atoms with van der Waals surface area (Å²) in [5, 5.41) is 2.67. The Labute approximate surface area is 330 Å². The number of halogens is 2. The smallest absolute Gasteiger partial charge is 1.00 e. The van der Waals surface area contributed by atoms with Gasteiger partial charge in [0.05, 0.1) is 0 Å². The Hall–Kier alpha value is -3.61. The van der Waals surface area contributed by atoms with Gasteiger partial charge in [-0.2, -0.15) is 0 Å². The van der Waals surface area contributed by atoms with Crippen LogP contribution in [0.5, 0.6) is 0 Å². The molecule has 0 spiro atoms. The Bertz CT molecular complexity index is 2360. The number of allylic oxidation sites excluding steroid dienone is 4. The van der Waals surface area contributed by atoms with Crippen LogP contribution >= 0.6 is 0 Å². The molecule has 0 nitrogen and oxygen atoms in total. The Morgan fingerprint density at radius 1 is 0.596 bits per heavy atom. The van der Waals surface area contributed by atoms with Gasteiger partial charge in [-0.3, -0.25) is 0 Å². The fraction of sp³-hybridized carbons (Fsp3) is 0.204. The van der Waals surface area contributed by atoms with Gasteiger partial charge in [-0.15, -0.1) is 0 Å². The first-order chi connectivity index (χ1) is 24.1. The molecule has 0 radical (unpaired) electrons. The van der Waals surface area contributed by atoms with Gasteiger partial charge >= 0.3 is 308 Å². The van der Waals surface area contributed by atoms with Gasteiger partial charge in [-0.05, 0) is 0 Å². The van der Waals surface area contributed by atoms with E-state index < -0.39 is 21.3 Å². The molecule has 0 bridgehead atoms. The third-order valence-corrected chi connectivity index (χ3v) is 17.4. The molecule has 0 saturated heterocycles. The number of benzene rings is 6. The average Bonchev–Trinajstić information content (AvgIpc) is 3.78. The van der Waals surface area contributed by atoms with Crippen molar-refractivity contribution in [3.05, 3.63) is 171 Å². The minimum absolute atomic E-state index is 0. The number of hydrogen-bond acceptors (Lipinski definition) is 0. The van der Waals surface area contributed by atoms with Crippen molar-refractivity contribution in [1.82, 2.24) is 0 Å². The molecule has 2 aliphatic carbocycles. The fourth-order valence-electron chi connectivity index (χ4n) is 8.15. The van der Waals surface area contributed by atoms with Crippen LogP contribution in [0.25, 0.3) is 44.2 Å². The zero-order chi connectivity index (χ0) is 34.6. The van der Waals surface area contributed by atoms with Gasteiger partial charge in [-0.25, -0.2) is 0 Å². The van der Waals surface area contributed by atoms with E-state index in [1.807, 2.05) is 0 Å². The molecule has 0 fully saturated rings. The third-order valence-electron chi connectivity index (χ3n) is 10.6. The summed E-state index contributed by atoms with van der Waals surface area (Å²) in [6.07, 6.45) is 9.17. The average molecular weight is 797 g/mol. The van der Waals surface area contributed by atoms with E-state index in [0.29, 0.717) is 0 Å². The van der Waals surface area contributed by atoms with Crippen LogP contribution in [0.1, 0.15) is 75.8 Å². The monoisotopic (exact) mass is 794 g/mol. The molecule has 6 aromatic rings. The van der Waals surface area contributed by atoms with Crippen LogP contribution in [-0.2, 0) is 38.5 Å². The minimum atomic E-state index is -2.75. The van der Waals surface area contributed by atoms with E-state index in [4.69, 9.17) is 0 Å². The maximum absolute atomic E-state index is 2.77. The second kappa shape index (κ2) is 15.0. The van der Waals surface area contributed by atoms with Crippen molar-refractivity contribution in [3.63, 3.8) is 0 Å². The Balaban J connectivity index is 0.00000232. The quantitative estimate of drug-likeness (QED) is 0.193. The van der Waals surface area contributed by atoms with Crippen molar-refractivity contribution in [2.24, 2.45) is 0 Å². The number of rotatable bonds is 5. The molecule has 8 rings (SSSR count). The molecule has 0 aromatic heterocycles. The predicted molar refractivity (Wildman–Crippen MR) is 214 cm³/mol. The first kappa shape index (κ1) is 38.1. The summed E-state index contributed by atoms with van der Waals surface area (Å²) < 4.78 is 6.09. The third kappa shape index (κ3) is 7.06. The predicted octanol–water partition coefficient (Wildman–Crippen LogP) is 6.29. The molecular formula is C49H46Cl2Zr. The summed E-state index contributed by atoms with van der Waals surface area (Å²) in [5.41, 5.74) is 15.7. The standard InChI is InChI=1S/C33H33.C11H8.C5H5.2ClH.Zr/c1-32(2,3)30-20-26-24(18-28(30)22-13-9-7-10-14-22)17-25-19-29(23-15-11-8-12-16-23)31(21-27(25)26)33(4,5)6;1-9-5-4-7-10-6-2-3-8-11(9)10;1-2-4-5-3-1;;;/h7-16,18,20-21H,17H2,1-6H3;1-8H;1-3H,4H2;2*1H;/q;;;;;+2/p-2. The van der Waals surface area contributed by atoms with Crippen LogP contribution in [0.2, 0.25) is 0 Å². The molecule has 2 aliphatic rings. The molecule has 0 heterocycles. The van der Waals surface area contributed by atoms with Gasteiger partial charge in [0.2, 0.25) is 0 Å². The van der Waals surface area contributed by atoms with E-state index >= 15 is 0 Å². The molecule has 0 saturated carbocycles. The van der Waals surface area contributed by atoms with E-state index in [-0.39, 0.29) is 35.6 Å². The normalized spacial score (nSPS) is 13.3. The number of hydrogen-bond donors (Lipinski definition) is 0. The first-order valence-electron chi connectivity index (χ1n) is 18.1. The molecule has 52 heavy (non-hydrogen) atoms. The van der Waals surface area contributed by atoms with Crippen molar-refractivity contribution in [2.45, 2.75) is 65.2 Å². The van der Waals surface area contributed by atoms with Gasteiger partial charge in [0.1, 0.15) is 0 Å². The van der Waals surface area contributed by atoms with E-state index in [1.165, 1.54) is 66.4 Å². The molecule has 6 aromatic carbocycles. The van der Waals surface area contributed by atoms with Crippen LogP contribution in [0.15, 0.2) is 143 Å². The largest absolute Gasteiger partial charge is 1.00 e. The van der Waals surface area contributed by atoms with Crippen LogP contribution in [0, 0.1) is 0 Å². The second-order valence-electron chi connectivity index (χ2n) is 16.1. The van der Waals surface area contributed by atoms with Crippen LogP contribution in [0.3, 0.4) is 0 Å². The minimum Gasteiger partial charge on any atom is -1.00 e. The summed E-state index contributed by atoms with van der Waals surface area (Å²) in [6, 6.07) is 45.9. The zero-order valence-corrected chi connectivity index (χ0v) is 35.0. The summed E-state index contributed by atoms with van der Waals surface area (Å²) in [4.78, 5) is 0. The summed E-state index contributed by atoms with van der Waals surface area (Å²) >= 11 is -2.75. The SMILES string of the molecule is CC(C)(C)c1cc2c(cc1-c1ccccc1)Cc1c-2cc(C(C)(C)C)c(-c2ccccc2)[c]1/[Zr+2](=[CH]\c1cccc2ccccc12)[C]1=CC=CC1.[Cl-].[Cl-]. The van der Waals surface area contributed by atoms with Gasteiger partial charge in [-0.1, -0.05) is 0 Å². The van der Waals surface area contributed by atoms with Gasteiger partial charge in [0.25, 0.3) is 0 Å². The molecule has 0 N–H and O–H groups in total. The van der Waals surface area contributed by atoms with Crippen molar-refractivity contribution < 1.29 is 46.1 Å². The Morgan fingerprint density at radius 2 is 1.21 bits per heavy atom. The Morgan fingerprint density at radius 3 is 1.87 bits per heavy atom. The topological polar surface area (TPSA) is 0 Å². The Kier molecular flexibility index (Phi) is 11.0. The van der Waals surface area contributed by atoms with E-state index in [0.717, 1.165) is 12.8 Å². The van der Waals surface area contributed by atoms with Crippen molar-refractivity contribution in [1.29, 1.82) is 0 Å². The van der Waals surface area contributed by atoms with E-state index in [2.05, 4.69) is 185 Å². The fourth-order valence-corrected chi connectivity index (χ4v) is 15.3. The molecule has 0 unspecified atom stereocenters. The van der Waals surface area contributed by atoms with E-state index in [1.54, 1.807) is 12.1 Å². The number of fused-ring (bicyclic) bond motifs is 4. The first-order valence-corrected chi connectivity index (χ1v) is 22.0. The van der Waals surface area contributed by atoms with Gasteiger partial charge in [0, 0.05) is 0 Å². The summed E-state index contributed by atoms with van der Waals surface area (Å²) in [5.74, 6) is 0. The van der Waals surface area contributed by atoms with Crippen molar-refractivity contribution in [2.75, 3.05) is 0 Å². The van der Waals surface area contributed by atoms with Crippen molar-refractivity contribution in [3.8, 4) is 33.4 Å². The zero-order valence-electron chi connectivity index (χ0n) is 31.0.